The van der Waals surface area contributed by atoms with E-state index in [2.05, 4.69) is 20.7 Å². The molecule has 0 spiro atoms. The Labute approximate surface area is 163 Å². The van der Waals surface area contributed by atoms with Crippen molar-refractivity contribution < 1.29 is 19.1 Å². The van der Waals surface area contributed by atoms with Gasteiger partial charge in [-0.25, -0.2) is 14.3 Å². The topological polar surface area (TPSA) is 115 Å². The third-order valence-corrected chi connectivity index (χ3v) is 4.20. The minimum atomic E-state index is -1.07. The van der Waals surface area contributed by atoms with Crippen LogP contribution in [0.2, 0.25) is 0 Å². The third-order valence-electron chi connectivity index (χ3n) is 4.20. The fourth-order valence-corrected chi connectivity index (χ4v) is 2.85. The van der Waals surface area contributed by atoms with E-state index < -0.39 is 24.0 Å². The number of fused-ring (bicyclic) bond motifs is 1. The minimum Gasteiger partial charge on any atom is -0.453 e. The zero-order valence-electron chi connectivity index (χ0n) is 17.1. The molecule has 2 rings (SSSR count). The number of aromatic nitrogens is 3. The first-order valence-corrected chi connectivity index (χ1v) is 9.21. The van der Waals surface area contributed by atoms with Gasteiger partial charge in [0.1, 0.15) is 0 Å². The summed E-state index contributed by atoms with van der Waals surface area (Å²) in [6.07, 6.45) is -0.562. The van der Waals surface area contributed by atoms with Crippen LogP contribution in [0.25, 0.3) is 5.65 Å². The highest BCUT2D eigenvalue weighted by atomic mass is 16.5. The van der Waals surface area contributed by atoms with Gasteiger partial charge in [-0.2, -0.15) is 5.10 Å². The summed E-state index contributed by atoms with van der Waals surface area (Å²) in [5, 5.41) is 9.08. The lowest BCUT2D eigenvalue weighted by atomic mass is 10.1. The summed E-state index contributed by atoms with van der Waals surface area (Å²) in [7, 11) is 0. The van der Waals surface area contributed by atoms with Crippen LogP contribution in [-0.2, 0) is 20.7 Å². The Balaban J connectivity index is 1.94. The third kappa shape index (κ3) is 5.28. The van der Waals surface area contributed by atoms with E-state index in [1.807, 2.05) is 26.8 Å². The molecule has 9 heteroatoms. The van der Waals surface area contributed by atoms with Crippen molar-refractivity contribution in [2.75, 3.05) is 0 Å². The molecule has 9 nitrogen and oxygen atoms in total. The molecule has 0 saturated carbocycles. The van der Waals surface area contributed by atoms with E-state index in [-0.39, 0.29) is 12.5 Å². The monoisotopic (exact) mass is 389 g/mol. The van der Waals surface area contributed by atoms with E-state index in [9.17, 15) is 14.4 Å². The molecule has 2 aromatic heterocycles. The first kappa shape index (κ1) is 21.3. The number of nitrogens with one attached hydrogen (secondary N) is 2. The molecule has 0 saturated heterocycles. The average Bonchev–Trinajstić information content (AvgIpc) is 2.94. The van der Waals surface area contributed by atoms with Crippen molar-refractivity contribution in [3.05, 3.63) is 28.7 Å². The fraction of sp³-hybridized carbons (Fsp3) is 0.526. The van der Waals surface area contributed by atoms with Crippen molar-refractivity contribution in [2.24, 2.45) is 0 Å². The normalized spacial score (nSPS) is 12.1. The molecule has 0 radical (unpaired) electrons. The maximum absolute atomic E-state index is 12.1. The first-order chi connectivity index (χ1) is 13.1. The number of aryl methyl sites for hydroxylation is 3. The van der Waals surface area contributed by atoms with E-state index in [0.29, 0.717) is 6.42 Å². The highest BCUT2D eigenvalue weighted by Gasteiger charge is 2.21. The standard InChI is InChI=1S/C19H27N5O4/c1-10(2)20-19(27)22-18(26)14(6)28-17(25)8-7-15-12(4)21-16-9-11(3)23-24(16)13(15)5/h9-10,14H,7-8H2,1-6H3,(H2,20,22,26,27)/t14-/m0/s1. The lowest BCUT2D eigenvalue weighted by Gasteiger charge is -2.15. The summed E-state index contributed by atoms with van der Waals surface area (Å²) in [6.45, 7) is 10.7. The summed E-state index contributed by atoms with van der Waals surface area (Å²) in [5.41, 5.74) is 4.30. The molecule has 0 aliphatic rings. The van der Waals surface area contributed by atoms with Gasteiger partial charge in [-0.15, -0.1) is 0 Å². The predicted molar refractivity (Wildman–Crippen MR) is 103 cm³/mol. The van der Waals surface area contributed by atoms with Gasteiger partial charge in [0.25, 0.3) is 5.91 Å². The number of esters is 1. The Morgan fingerprint density at radius 1 is 1.18 bits per heavy atom. The molecule has 1 atom stereocenters. The second kappa shape index (κ2) is 8.81. The predicted octanol–water partition coefficient (Wildman–Crippen LogP) is 1.75. The summed E-state index contributed by atoms with van der Waals surface area (Å²) in [5.74, 6) is -1.20. The van der Waals surface area contributed by atoms with Crippen LogP contribution < -0.4 is 10.6 Å². The zero-order chi connectivity index (χ0) is 21.0. The van der Waals surface area contributed by atoms with Gasteiger partial charge in [0.2, 0.25) is 0 Å². The molecule has 28 heavy (non-hydrogen) atoms. The van der Waals surface area contributed by atoms with E-state index in [4.69, 9.17) is 4.74 Å². The average molecular weight is 389 g/mol. The van der Waals surface area contributed by atoms with E-state index in [0.717, 1.165) is 28.3 Å². The summed E-state index contributed by atoms with van der Waals surface area (Å²) in [4.78, 5) is 40.1. The Bertz CT molecular complexity index is 903. The number of rotatable bonds is 6. The van der Waals surface area contributed by atoms with Crippen molar-refractivity contribution in [2.45, 2.75) is 66.5 Å². The molecule has 0 unspecified atom stereocenters. The molecule has 0 bridgehead atoms. The van der Waals surface area contributed by atoms with Crippen LogP contribution in [-0.4, -0.2) is 44.7 Å². The number of urea groups is 1. The Kier molecular flexibility index (Phi) is 6.71. The SMILES string of the molecule is Cc1cc2nc(C)c(CCC(=O)O[C@@H](C)C(=O)NC(=O)NC(C)C)c(C)n2n1. The molecule has 0 aliphatic heterocycles. The molecule has 2 aromatic rings. The first-order valence-electron chi connectivity index (χ1n) is 9.21. The van der Waals surface area contributed by atoms with E-state index >= 15 is 0 Å². The van der Waals surface area contributed by atoms with Gasteiger partial charge in [-0.3, -0.25) is 14.9 Å². The fourth-order valence-electron chi connectivity index (χ4n) is 2.85. The lowest BCUT2D eigenvalue weighted by Crippen LogP contribution is -2.46. The molecular formula is C19H27N5O4. The van der Waals surface area contributed by atoms with Crippen molar-refractivity contribution in [3.8, 4) is 0 Å². The van der Waals surface area contributed by atoms with Crippen LogP contribution >= 0.6 is 0 Å². The second-order valence-corrected chi connectivity index (χ2v) is 7.07. The van der Waals surface area contributed by atoms with Crippen LogP contribution in [0, 0.1) is 20.8 Å². The van der Waals surface area contributed by atoms with Crippen LogP contribution in [0.1, 0.15) is 49.8 Å². The highest BCUT2D eigenvalue weighted by molar-refractivity contribution is 5.97. The smallest absolute Gasteiger partial charge is 0.321 e. The van der Waals surface area contributed by atoms with Crippen LogP contribution in [0.15, 0.2) is 6.07 Å². The molecule has 0 aromatic carbocycles. The van der Waals surface area contributed by atoms with Gasteiger partial charge in [-0.1, -0.05) is 0 Å². The van der Waals surface area contributed by atoms with E-state index in [1.165, 1.54) is 6.92 Å². The number of hydrogen-bond donors (Lipinski definition) is 2. The quantitative estimate of drug-likeness (QED) is 0.728. The number of amides is 3. The second-order valence-electron chi connectivity index (χ2n) is 7.07. The van der Waals surface area contributed by atoms with Crippen LogP contribution in [0.5, 0.6) is 0 Å². The van der Waals surface area contributed by atoms with E-state index in [1.54, 1.807) is 18.4 Å². The molecule has 2 N–H and O–H groups in total. The Hall–Kier alpha value is -2.97. The highest BCUT2D eigenvalue weighted by Crippen LogP contribution is 2.17. The van der Waals surface area contributed by atoms with Gasteiger partial charge in [-0.05, 0) is 53.5 Å². The van der Waals surface area contributed by atoms with Gasteiger partial charge in [0.15, 0.2) is 11.8 Å². The maximum Gasteiger partial charge on any atom is 0.321 e. The van der Waals surface area contributed by atoms with Crippen molar-refractivity contribution in [3.63, 3.8) is 0 Å². The molecule has 152 valence electrons. The minimum absolute atomic E-state index is 0.0882. The number of carbonyl (C=O) groups excluding carboxylic acids is 3. The number of carbonyl (C=O) groups is 3. The van der Waals surface area contributed by atoms with Gasteiger partial charge in [0, 0.05) is 29.9 Å². The molecule has 0 aliphatic carbocycles. The zero-order valence-corrected chi connectivity index (χ0v) is 17.1. The van der Waals surface area contributed by atoms with Crippen molar-refractivity contribution in [1.29, 1.82) is 0 Å². The molecule has 0 fully saturated rings. The van der Waals surface area contributed by atoms with Crippen LogP contribution in [0.3, 0.4) is 0 Å². The van der Waals surface area contributed by atoms with Gasteiger partial charge >= 0.3 is 12.0 Å². The summed E-state index contributed by atoms with van der Waals surface area (Å²) < 4.78 is 6.89. The lowest BCUT2D eigenvalue weighted by molar-refractivity contribution is -0.154. The molecular weight excluding hydrogens is 362 g/mol. The Morgan fingerprint density at radius 2 is 1.86 bits per heavy atom. The number of ether oxygens (including phenoxy) is 1. The number of hydrogen-bond acceptors (Lipinski definition) is 6. The van der Waals surface area contributed by atoms with Gasteiger partial charge < -0.3 is 10.1 Å². The Morgan fingerprint density at radius 3 is 2.50 bits per heavy atom. The number of nitrogens with zero attached hydrogens (tertiary/aromatic N) is 3. The van der Waals surface area contributed by atoms with Gasteiger partial charge in [0.05, 0.1) is 5.69 Å². The van der Waals surface area contributed by atoms with Crippen molar-refractivity contribution in [1.82, 2.24) is 25.2 Å². The summed E-state index contributed by atoms with van der Waals surface area (Å²) in [6, 6.07) is 1.16. The largest absolute Gasteiger partial charge is 0.453 e. The number of imide groups is 1. The molecule has 3 amide bonds. The van der Waals surface area contributed by atoms with Crippen LogP contribution in [0.4, 0.5) is 4.79 Å². The maximum atomic E-state index is 12.1. The van der Waals surface area contributed by atoms with Crippen molar-refractivity contribution >= 4 is 23.6 Å². The summed E-state index contributed by atoms with van der Waals surface area (Å²) >= 11 is 0. The molecule has 2 heterocycles.